The average Bonchev–Trinajstić information content (AvgIpc) is 2.44. The molecule has 20 heavy (non-hydrogen) atoms. The van der Waals surface area contributed by atoms with Crippen molar-refractivity contribution < 1.29 is 4.74 Å². The number of hydrogen-bond acceptors (Lipinski definition) is 4. The minimum absolute atomic E-state index is 0.210. The van der Waals surface area contributed by atoms with E-state index in [0.717, 1.165) is 29.8 Å². The highest BCUT2D eigenvalue weighted by molar-refractivity contribution is 5.83. The van der Waals surface area contributed by atoms with Gasteiger partial charge in [0.25, 0.3) is 0 Å². The van der Waals surface area contributed by atoms with E-state index in [9.17, 15) is 5.26 Å². The van der Waals surface area contributed by atoms with Gasteiger partial charge in [0, 0.05) is 18.5 Å². The van der Waals surface area contributed by atoms with Crippen molar-refractivity contribution >= 4 is 16.7 Å². The van der Waals surface area contributed by atoms with Crippen LogP contribution in [-0.4, -0.2) is 30.3 Å². The van der Waals surface area contributed by atoms with Crippen molar-refractivity contribution in [2.45, 2.75) is 19.4 Å². The number of ether oxygens (including phenoxy) is 1. The van der Waals surface area contributed by atoms with Crippen molar-refractivity contribution in [3.8, 4) is 6.07 Å². The Labute approximate surface area is 118 Å². The van der Waals surface area contributed by atoms with Gasteiger partial charge in [-0.15, -0.1) is 0 Å². The quantitative estimate of drug-likeness (QED) is 0.797. The van der Waals surface area contributed by atoms with Gasteiger partial charge in [-0.1, -0.05) is 18.2 Å². The van der Waals surface area contributed by atoms with Gasteiger partial charge < -0.3 is 9.64 Å². The Morgan fingerprint density at radius 3 is 2.90 bits per heavy atom. The van der Waals surface area contributed by atoms with Crippen molar-refractivity contribution in [3.05, 3.63) is 35.9 Å². The summed E-state index contributed by atoms with van der Waals surface area (Å²) in [6, 6.07) is 12.1. The summed E-state index contributed by atoms with van der Waals surface area (Å²) in [5.74, 6) is 0.766. The number of aromatic nitrogens is 1. The van der Waals surface area contributed by atoms with E-state index in [0.29, 0.717) is 12.2 Å². The maximum absolute atomic E-state index is 9.39. The molecular weight excluding hydrogens is 250 g/mol. The Morgan fingerprint density at radius 2 is 2.15 bits per heavy atom. The van der Waals surface area contributed by atoms with Gasteiger partial charge in [-0.2, -0.15) is 5.26 Å². The number of para-hydroxylation sites is 1. The minimum Gasteiger partial charge on any atom is -0.372 e. The second-order valence-corrected chi connectivity index (χ2v) is 5.69. The van der Waals surface area contributed by atoms with Gasteiger partial charge in [-0.05, 0) is 26.0 Å². The third-order valence-corrected chi connectivity index (χ3v) is 3.55. The Morgan fingerprint density at radius 1 is 1.35 bits per heavy atom. The van der Waals surface area contributed by atoms with Crippen LogP contribution in [0.4, 0.5) is 5.82 Å². The molecule has 0 unspecified atom stereocenters. The average molecular weight is 267 g/mol. The Balaban J connectivity index is 2.08. The summed E-state index contributed by atoms with van der Waals surface area (Å²) < 4.78 is 5.73. The monoisotopic (exact) mass is 267 g/mol. The predicted octanol–water partition coefficient (Wildman–Crippen LogP) is 2.72. The van der Waals surface area contributed by atoms with Crippen LogP contribution in [0.1, 0.15) is 19.4 Å². The van der Waals surface area contributed by atoms with Crippen molar-refractivity contribution in [1.82, 2.24) is 4.98 Å². The van der Waals surface area contributed by atoms with Crippen LogP contribution in [0.15, 0.2) is 30.3 Å². The first-order valence-corrected chi connectivity index (χ1v) is 6.78. The first-order chi connectivity index (χ1) is 9.59. The van der Waals surface area contributed by atoms with Crippen LogP contribution in [0, 0.1) is 11.3 Å². The van der Waals surface area contributed by atoms with Gasteiger partial charge in [0.05, 0.1) is 23.3 Å². The number of benzene rings is 1. The summed E-state index contributed by atoms with van der Waals surface area (Å²) in [5.41, 5.74) is 1.34. The summed E-state index contributed by atoms with van der Waals surface area (Å²) in [6.45, 7) is 6.29. The maximum atomic E-state index is 9.39. The molecule has 1 aliphatic rings. The van der Waals surface area contributed by atoms with Crippen molar-refractivity contribution in [2.24, 2.45) is 0 Å². The van der Waals surface area contributed by atoms with E-state index in [2.05, 4.69) is 29.8 Å². The molecule has 4 nitrogen and oxygen atoms in total. The summed E-state index contributed by atoms with van der Waals surface area (Å²) in [4.78, 5) is 6.83. The second-order valence-electron chi connectivity index (χ2n) is 5.69. The molecule has 2 aromatic rings. The lowest BCUT2D eigenvalue weighted by Gasteiger charge is -2.39. The largest absolute Gasteiger partial charge is 0.372 e. The number of fused-ring (bicyclic) bond motifs is 1. The molecule has 0 radical (unpaired) electrons. The van der Waals surface area contributed by atoms with Gasteiger partial charge in [0.15, 0.2) is 0 Å². The highest BCUT2D eigenvalue weighted by atomic mass is 16.5. The molecule has 3 rings (SSSR count). The number of pyridine rings is 1. The number of anilines is 1. The highest BCUT2D eigenvalue weighted by Crippen LogP contribution is 2.27. The van der Waals surface area contributed by atoms with Gasteiger partial charge in [-0.25, -0.2) is 4.98 Å². The third kappa shape index (κ3) is 2.33. The second kappa shape index (κ2) is 4.77. The normalized spacial score (nSPS) is 17.9. The van der Waals surface area contributed by atoms with Crippen molar-refractivity contribution in [3.63, 3.8) is 0 Å². The fourth-order valence-electron chi connectivity index (χ4n) is 2.63. The molecule has 0 N–H and O–H groups in total. The molecule has 0 spiro atoms. The number of hydrogen-bond donors (Lipinski definition) is 0. The zero-order valence-electron chi connectivity index (χ0n) is 11.8. The van der Waals surface area contributed by atoms with Gasteiger partial charge in [0.2, 0.25) is 0 Å². The van der Waals surface area contributed by atoms with Crippen LogP contribution < -0.4 is 4.90 Å². The lowest BCUT2D eigenvalue weighted by molar-refractivity contribution is -0.0279. The van der Waals surface area contributed by atoms with Crippen LogP contribution in [-0.2, 0) is 4.74 Å². The van der Waals surface area contributed by atoms with Crippen LogP contribution in [0.25, 0.3) is 10.9 Å². The molecule has 1 aromatic heterocycles. The van der Waals surface area contributed by atoms with Crippen molar-refractivity contribution in [2.75, 3.05) is 24.6 Å². The molecule has 0 atom stereocenters. The number of morpholine rings is 1. The van der Waals surface area contributed by atoms with E-state index in [4.69, 9.17) is 4.74 Å². The number of nitriles is 1. The van der Waals surface area contributed by atoms with Crippen LogP contribution in [0.5, 0.6) is 0 Å². The first-order valence-electron chi connectivity index (χ1n) is 6.78. The molecule has 1 aliphatic heterocycles. The van der Waals surface area contributed by atoms with Gasteiger partial charge in [-0.3, -0.25) is 0 Å². The Bertz CT molecular complexity index is 688. The van der Waals surface area contributed by atoms with Gasteiger partial charge in [0.1, 0.15) is 11.9 Å². The Hall–Kier alpha value is -2.12. The SMILES string of the molecule is CC1(C)CN(c2nc3ccccc3cc2C#N)CCO1. The molecule has 0 aliphatic carbocycles. The molecule has 2 heterocycles. The number of rotatable bonds is 1. The zero-order chi connectivity index (χ0) is 14.2. The first kappa shape index (κ1) is 12.9. The smallest absolute Gasteiger partial charge is 0.147 e. The number of nitrogens with zero attached hydrogens (tertiary/aromatic N) is 3. The fourth-order valence-corrected chi connectivity index (χ4v) is 2.63. The summed E-state index contributed by atoms with van der Waals surface area (Å²) >= 11 is 0. The lowest BCUT2D eigenvalue weighted by Crippen LogP contribution is -2.48. The van der Waals surface area contributed by atoms with Crippen molar-refractivity contribution in [1.29, 1.82) is 5.26 Å². The maximum Gasteiger partial charge on any atom is 0.147 e. The van der Waals surface area contributed by atoms with E-state index in [1.165, 1.54) is 0 Å². The molecular formula is C16H17N3O. The van der Waals surface area contributed by atoms with E-state index in [-0.39, 0.29) is 5.60 Å². The molecule has 0 saturated carbocycles. The van der Waals surface area contributed by atoms with Crippen LogP contribution in [0.2, 0.25) is 0 Å². The molecule has 0 bridgehead atoms. The summed E-state index contributed by atoms with van der Waals surface area (Å²) in [6.07, 6.45) is 0. The summed E-state index contributed by atoms with van der Waals surface area (Å²) in [5, 5.41) is 10.4. The molecule has 1 fully saturated rings. The highest BCUT2D eigenvalue weighted by Gasteiger charge is 2.29. The van der Waals surface area contributed by atoms with E-state index < -0.39 is 0 Å². The zero-order valence-corrected chi connectivity index (χ0v) is 11.8. The van der Waals surface area contributed by atoms with E-state index in [1.54, 1.807) is 0 Å². The molecule has 0 amide bonds. The summed E-state index contributed by atoms with van der Waals surface area (Å²) in [7, 11) is 0. The van der Waals surface area contributed by atoms with E-state index in [1.807, 2.05) is 30.3 Å². The standard InChI is InChI=1S/C16H17N3O/c1-16(2)11-19(7-8-20-16)15-13(10-17)9-12-5-3-4-6-14(12)18-15/h3-6,9H,7-8,11H2,1-2H3. The third-order valence-electron chi connectivity index (χ3n) is 3.55. The lowest BCUT2D eigenvalue weighted by atomic mass is 10.1. The molecule has 102 valence electrons. The minimum atomic E-state index is -0.210. The van der Waals surface area contributed by atoms with Crippen LogP contribution in [0.3, 0.4) is 0 Å². The van der Waals surface area contributed by atoms with Crippen LogP contribution >= 0.6 is 0 Å². The predicted molar refractivity (Wildman–Crippen MR) is 78.7 cm³/mol. The Kier molecular flexibility index (Phi) is 3.07. The molecule has 1 aromatic carbocycles. The fraction of sp³-hybridized carbons (Fsp3) is 0.375. The van der Waals surface area contributed by atoms with Gasteiger partial charge >= 0.3 is 0 Å². The molecule has 1 saturated heterocycles. The molecule has 4 heteroatoms. The van der Waals surface area contributed by atoms with E-state index >= 15 is 0 Å². The topological polar surface area (TPSA) is 49.2 Å².